The lowest BCUT2D eigenvalue weighted by Crippen LogP contribution is -2.12. The van der Waals surface area contributed by atoms with Crippen LogP contribution in [0.2, 0.25) is 0 Å². The molecule has 0 fully saturated rings. The number of nitrogens with zero attached hydrogens (tertiary/aromatic N) is 1. The minimum atomic E-state index is -0.0738. The topological polar surface area (TPSA) is 55.1 Å². The number of aryl methyl sites for hydroxylation is 1. The third-order valence-corrected chi connectivity index (χ3v) is 4.32. The van der Waals surface area contributed by atoms with Gasteiger partial charge in [-0.1, -0.05) is 50.1 Å². The highest BCUT2D eigenvalue weighted by atomic mass is 79.9. The highest BCUT2D eigenvalue weighted by Gasteiger charge is 2.09. The SMILES string of the molecule is O=C(CCc1ncc(-c2cccc(Br)c2)o1)Nc1cccc(Br)c1. The van der Waals surface area contributed by atoms with Crippen LogP contribution in [0.4, 0.5) is 5.69 Å². The maximum atomic E-state index is 12.0. The van der Waals surface area contributed by atoms with Crippen LogP contribution in [0.3, 0.4) is 0 Å². The summed E-state index contributed by atoms with van der Waals surface area (Å²) >= 11 is 6.81. The molecular formula is C18H14Br2N2O2. The van der Waals surface area contributed by atoms with Crippen molar-refractivity contribution in [2.75, 3.05) is 5.32 Å². The Morgan fingerprint density at radius 2 is 1.83 bits per heavy atom. The molecule has 24 heavy (non-hydrogen) atoms. The molecule has 3 rings (SSSR count). The van der Waals surface area contributed by atoms with Crippen LogP contribution in [0.5, 0.6) is 0 Å². The molecule has 0 spiro atoms. The van der Waals surface area contributed by atoms with Gasteiger partial charge in [0.1, 0.15) is 0 Å². The molecule has 0 atom stereocenters. The van der Waals surface area contributed by atoms with Gasteiger partial charge < -0.3 is 9.73 Å². The second-order valence-corrected chi connectivity index (χ2v) is 7.02. The van der Waals surface area contributed by atoms with E-state index in [1.54, 1.807) is 6.20 Å². The van der Waals surface area contributed by atoms with Crippen LogP contribution >= 0.6 is 31.9 Å². The quantitative estimate of drug-likeness (QED) is 0.564. The number of anilines is 1. The highest BCUT2D eigenvalue weighted by Crippen LogP contribution is 2.24. The Hall–Kier alpha value is -1.92. The molecule has 3 aromatic rings. The number of oxazole rings is 1. The lowest BCUT2D eigenvalue weighted by molar-refractivity contribution is -0.116. The average Bonchev–Trinajstić information content (AvgIpc) is 3.02. The van der Waals surface area contributed by atoms with Crippen molar-refractivity contribution in [1.29, 1.82) is 0 Å². The fourth-order valence-corrected chi connectivity index (χ4v) is 3.01. The van der Waals surface area contributed by atoms with Gasteiger partial charge in [-0.2, -0.15) is 0 Å². The van der Waals surface area contributed by atoms with Crippen molar-refractivity contribution in [3.05, 3.63) is 69.6 Å². The highest BCUT2D eigenvalue weighted by molar-refractivity contribution is 9.10. The van der Waals surface area contributed by atoms with Gasteiger partial charge in [0, 0.05) is 33.0 Å². The number of benzene rings is 2. The van der Waals surface area contributed by atoms with Crippen molar-refractivity contribution in [1.82, 2.24) is 4.98 Å². The molecule has 0 aliphatic heterocycles. The molecule has 1 heterocycles. The number of aromatic nitrogens is 1. The van der Waals surface area contributed by atoms with Crippen LogP contribution in [0, 0.1) is 0 Å². The number of hydrogen-bond donors (Lipinski definition) is 1. The molecule has 1 aromatic heterocycles. The van der Waals surface area contributed by atoms with Crippen molar-refractivity contribution in [3.63, 3.8) is 0 Å². The molecule has 0 aliphatic carbocycles. The van der Waals surface area contributed by atoms with Gasteiger partial charge in [0.05, 0.1) is 6.20 Å². The summed E-state index contributed by atoms with van der Waals surface area (Å²) in [6.45, 7) is 0. The third kappa shape index (κ3) is 4.55. The Labute approximate surface area is 156 Å². The van der Waals surface area contributed by atoms with E-state index in [9.17, 15) is 4.79 Å². The van der Waals surface area contributed by atoms with E-state index in [1.807, 2.05) is 48.5 Å². The van der Waals surface area contributed by atoms with Gasteiger partial charge in [0.15, 0.2) is 11.7 Å². The van der Waals surface area contributed by atoms with Crippen LogP contribution in [0.15, 0.2) is 68.1 Å². The van der Waals surface area contributed by atoms with Crippen LogP contribution in [-0.4, -0.2) is 10.9 Å². The number of rotatable bonds is 5. The summed E-state index contributed by atoms with van der Waals surface area (Å²) in [6, 6.07) is 15.3. The number of hydrogen-bond acceptors (Lipinski definition) is 3. The average molecular weight is 450 g/mol. The fraction of sp³-hybridized carbons (Fsp3) is 0.111. The predicted octanol–water partition coefficient (Wildman–Crippen LogP) is 5.44. The Kier molecular flexibility index (Phi) is 5.48. The zero-order valence-corrected chi connectivity index (χ0v) is 15.8. The minimum Gasteiger partial charge on any atom is -0.441 e. The Morgan fingerprint density at radius 3 is 2.58 bits per heavy atom. The molecule has 0 aliphatic rings. The van der Waals surface area contributed by atoms with Gasteiger partial charge in [-0.3, -0.25) is 4.79 Å². The summed E-state index contributed by atoms with van der Waals surface area (Å²) in [4.78, 5) is 16.3. The monoisotopic (exact) mass is 448 g/mol. The molecule has 0 bridgehead atoms. The van der Waals surface area contributed by atoms with Gasteiger partial charge in [0.2, 0.25) is 5.91 Å². The number of carbonyl (C=O) groups excluding carboxylic acids is 1. The van der Waals surface area contributed by atoms with Crippen LogP contribution in [-0.2, 0) is 11.2 Å². The Bertz CT molecular complexity index is 861. The van der Waals surface area contributed by atoms with E-state index in [-0.39, 0.29) is 5.91 Å². The first-order chi connectivity index (χ1) is 11.6. The predicted molar refractivity (Wildman–Crippen MR) is 101 cm³/mol. The molecule has 122 valence electrons. The van der Waals surface area contributed by atoms with Gasteiger partial charge in [-0.05, 0) is 30.3 Å². The number of amides is 1. The summed E-state index contributed by atoms with van der Waals surface area (Å²) in [5, 5.41) is 2.85. The van der Waals surface area contributed by atoms with E-state index in [0.717, 1.165) is 20.2 Å². The first-order valence-electron chi connectivity index (χ1n) is 7.36. The normalized spacial score (nSPS) is 10.6. The van der Waals surface area contributed by atoms with Crippen LogP contribution in [0.25, 0.3) is 11.3 Å². The standard InChI is InChI=1S/C18H14Br2N2O2/c19-13-4-1-3-12(9-13)16-11-21-18(24-16)8-7-17(23)22-15-6-2-5-14(20)10-15/h1-6,9-11H,7-8H2,(H,22,23). The smallest absolute Gasteiger partial charge is 0.224 e. The first kappa shape index (κ1) is 16.9. The lowest BCUT2D eigenvalue weighted by Gasteiger charge is -2.04. The first-order valence-corrected chi connectivity index (χ1v) is 8.95. The zero-order chi connectivity index (χ0) is 16.9. The molecule has 0 radical (unpaired) electrons. The molecule has 0 unspecified atom stereocenters. The molecule has 2 aromatic carbocycles. The molecule has 0 saturated carbocycles. The lowest BCUT2D eigenvalue weighted by atomic mass is 10.2. The van der Waals surface area contributed by atoms with Crippen LogP contribution < -0.4 is 5.32 Å². The summed E-state index contributed by atoms with van der Waals surface area (Å²) in [5.74, 6) is 1.17. The van der Waals surface area contributed by atoms with E-state index in [1.165, 1.54) is 0 Å². The number of carbonyl (C=O) groups is 1. The summed E-state index contributed by atoms with van der Waals surface area (Å²) in [5.41, 5.74) is 1.71. The molecular weight excluding hydrogens is 436 g/mol. The largest absolute Gasteiger partial charge is 0.441 e. The number of halogens is 2. The van der Waals surface area contributed by atoms with Crippen LogP contribution in [0.1, 0.15) is 12.3 Å². The summed E-state index contributed by atoms with van der Waals surface area (Å²) in [6.07, 6.45) is 2.45. The van der Waals surface area contributed by atoms with E-state index in [0.29, 0.717) is 24.5 Å². The molecule has 1 N–H and O–H groups in total. The van der Waals surface area contributed by atoms with E-state index >= 15 is 0 Å². The van der Waals surface area contributed by atoms with Gasteiger partial charge in [0.25, 0.3) is 0 Å². The minimum absolute atomic E-state index is 0.0738. The van der Waals surface area contributed by atoms with Crippen molar-refractivity contribution >= 4 is 43.5 Å². The van der Waals surface area contributed by atoms with E-state index in [4.69, 9.17) is 4.42 Å². The van der Waals surface area contributed by atoms with E-state index < -0.39 is 0 Å². The second-order valence-electron chi connectivity index (χ2n) is 5.19. The Balaban J connectivity index is 1.58. The Morgan fingerprint density at radius 1 is 1.08 bits per heavy atom. The van der Waals surface area contributed by atoms with Crippen molar-refractivity contribution in [2.45, 2.75) is 12.8 Å². The summed E-state index contributed by atoms with van der Waals surface area (Å²) < 4.78 is 7.63. The molecule has 1 amide bonds. The van der Waals surface area contributed by atoms with Crippen molar-refractivity contribution in [3.8, 4) is 11.3 Å². The molecule has 6 heteroatoms. The van der Waals surface area contributed by atoms with Crippen molar-refractivity contribution < 1.29 is 9.21 Å². The second kappa shape index (κ2) is 7.77. The third-order valence-electron chi connectivity index (χ3n) is 3.34. The van der Waals surface area contributed by atoms with Crippen molar-refractivity contribution in [2.24, 2.45) is 0 Å². The summed E-state index contributed by atoms with van der Waals surface area (Å²) in [7, 11) is 0. The van der Waals surface area contributed by atoms with Gasteiger partial charge >= 0.3 is 0 Å². The maximum Gasteiger partial charge on any atom is 0.224 e. The molecule has 4 nitrogen and oxygen atoms in total. The maximum absolute atomic E-state index is 12.0. The van der Waals surface area contributed by atoms with Gasteiger partial charge in [-0.25, -0.2) is 4.98 Å². The number of nitrogens with one attached hydrogen (secondary N) is 1. The molecule has 0 saturated heterocycles. The fourth-order valence-electron chi connectivity index (χ4n) is 2.21. The van der Waals surface area contributed by atoms with E-state index in [2.05, 4.69) is 42.2 Å². The van der Waals surface area contributed by atoms with Gasteiger partial charge in [-0.15, -0.1) is 0 Å². The zero-order valence-electron chi connectivity index (χ0n) is 12.6.